The van der Waals surface area contributed by atoms with E-state index < -0.39 is 0 Å². The van der Waals surface area contributed by atoms with Crippen molar-refractivity contribution < 1.29 is 0 Å². The molecule has 0 radical (unpaired) electrons. The summed E-state index contributed by atoms with van der Waals surface area (Å²) in [6.07, 6.45) is 4.99. The van der Waals surface area contributed by atoms with Gasteiger partial charge in [-0.3, -0.25) is 0 Å². The van der Waals surface area contributed by atoms with Crippen LogP contribution >= 0.6 is 0 Å². The van der Waals surface area contributed by atoms with Gasteiger partial charge < -0.3 is 0 Å². The molecule has 0 unspecified atom stereocenters. The summed E-state index contributed by atoms with van der Waals surface area (Å²) in [7, 11) is 0. The van der Waals surface area contributed by atoms with Crippen LogP contribution in [-0.4, -0.2) is 0 Å². The predicted octanol–water partition coefficient (Wildman–Crippen LogP) is 4.85. The molecule has 0 saturated heterocycles. The number of allylic oxidation sites excluding steroid dienone is 3. The van der Waals surface area contributed by atoms with Crippen LogP contribution in [-0.2, 0) is 6.42 Å². The minimum Gasteiger partial charge on any atom is -0.0991 e. The first-order valence-electron chi connectivity index (χ1n) is 6.31. The summed E-state index contributed by atoms with van der Waals surface area (Å²) in [4.78, 5) is 0. The molecule has 0 atom stereocenters. The minimum absolute atomic E-state index is 1.05. The number of hydrogen-bond donors (Lipinski definition) is 0. The molecule has 1 aliphatic rings. The summed E-state index contributed by atoms with van der Waals surface area (Å²) in [6, 6.07) is 15.3. The van der Waals surface area contributed by atoms with Gasteiger partial charge >= 0.3 is 0 Å². The van der Waals surface area contributed by atoms with Crippen LogP contribution in [0.4, 0.5) is 0 Å². The first-order chi connectivity index (χ1) is 8.81. The van der Waals surface area contributed by atoms with Gasteiger partial charge in [0.15, 0.2) is 0 Å². The lowest BCUT2D eigenvalue weighted by Crippen LogP contribution is -1.89. The number of hydrogen-bond acceptors (Lipinski definition) is 0. The topological polar surface area (TPSA) is 0 Å². The average Bonchev–Trinajstić information content (AvgIpc) is 2.77. The SMILES string of the molecule is C=C/C=C(/C)c1cccc2c1Cc1ccccc1-2. The van der Waals surface area contributed by atoms with Crippen LogP contribution in [0.1, 0.15) is 23.6 Å². The van der Waals surface area contributed by atoms with Gasteiger partial charge in [-0.2, -0.15) is 0 Å². The van der Waals surface area contributed by atoms with Crippen LogP contribution in [0.3, 0.4) is 0 Å². The zero-order valence-electron chi connectivity index (χ0n) is 10.6. The van der Waals surface area contributed by atoms with E-state index >= 15 is 0 Å². The Bertz CT molecular complexity index is 645. The van der Waals surface area contributed by atoms with E-state index in [1.807, 2.05) is 6.08 Å². The molecule has 0 aliphatic heterocycles. The Morgan fingerprint density at radius 2 is 1.83 bits per heavy atom. The lowest BCUT2D eigenvalue weighted by Gasteiger charge is -2.08. The maximum absolute atomic E-state index is 3.78. The molecule has 0 amide bonds. The third-order valence-electron chi connectivity index (χ3n) is 3.64. The van der Waals surface area contributed by atoms with Crippen molar-refractivity contribution in [3.63, 3.8) is 0 Å². The lowest BCUT2D eigenvalue weighted by atomic mass is 9.96. The van der Waals surface area contributed by atoms with E-state index in [0.29, 0.717) is 0 Å². The third kappa shape index (κ3) is 1.62. The van der Waals surface area contributed by atoms with Gasteiger partial charge in [-0.15, -0.1) is 0 Å². The minimum atomic E-state index is 1.05. The van der Waals surface area contributed by atoms with Crippen molar-refractivity contribution in [2.45, 2.75) is 13.3 Å². The van der Waals surface area contributed by atoms with E-state index in [0.717, 1.165) is 6.42 Å². The molecule has 88 valence electrons. The maximum Gasteiger partial charge on any atom is -0.000740 e. The molecule has 2 aromatic carbocycles. The normalized spacial score (nSPS) is 13.1. The lowest BCUT2D eigenvalue weighted by molar-refractivity contribution is 1.24. The number of rotatable bonds is 2. The monoisotopic (exact) mass is 232 g/mol. The van der Waals surface area contributed by atoms with Crippen molar-refractivity contribution in [2.24, 2.45) is 0 Å². The van der Waals surface area contributed by atoms with E-state index in [9.17, 15) is 0 Å². The molecule has 0 bridgehead atoms. The van der Waals surface area contributed by atoms with Gasteiger partial charge in [0.1, 0.15) is 0 Å². The van der Waals surface area contributed by atoms with Gasteiger partial charge in [0.2, 0.25) is 0 Å². The molecule has 1 aliphatic carbocycles. The summed E-state index contributed by atoms with van der Waals surface area (Å²) >= 11 is 0. The van der Waals surface area contributed by atoms with Crippen molar-refractivity contribution in [3.8, 4) is 11.1 Å². The van der Waals surface area contributed by atoms with Crippen LogP contribution in [0, 0.1) is 0 Å². The molecule has 0 heteroatoms. The Hall–Kier alpha value is -2.08. The fraction of sp³-hybridized carbons (Fsp3) is 0.111. The van der Waals surface area contributed by atoms with Gasteiger partial charge in [-0.05, 0) is 46.7 Å². The summed E-state index contributed by atoms with van der Waals surface area (Å²) < 4.78 is 0. The average molecular weight is 232 g/mol. The highest BCUT2D eigenvalue weighted by Crippen LogP contribution is 2.39. The van der Waals surface area contributed by atoms with Gasteiger partial charge in [-0.25, -0.2) is 0 Å². The van der Waals surface area contributed by atoms with Crippen molar-refractivity contribution in [2.75, 3.05) is 0 Å². The second-order valence-electron chi connectivity index (χ2n) is 4.75. The van der Waals surface area contributed by atoms with Gasteiger partial charge in [-0.1, -0.05) is 61.2 Å². The molecular formula is C18H16. The van der Waals surface area contributed by atoms with Crippen molar-refractivity contribution >= 4 is 5.57 Å². The zero-order chi connectivity index (χ0) is 12.5. The highest BCUT2D eigenvalue weighted by Gasteiger charge is 2.20. The summed E-state index contributed by atoms with van der Waals surface area (Å²) in [5, 5.41) is 0. The third-order valence-corrected chi connectivity index (χ3v) is 3.64. The van der Waals surface area contributed by atoms with E-state index in [4.69, 9.17) is 0 Å². The zero-order valence-corrected chi connectivity index (χ0v) is 10.6. The fourth-order valence-corrected chi connectivity index (χ4v) is 2.79. The summed E-state index contributed by atoms with van der Waals surface area (Å²) in [5.74, 6) is 0. The first kappa shape index (κ1) is 11.0. The molecule has 0 saturated carbocycles. The van der Waals surface area contributed by atoms with Gasteiger partial charge in [0.05, 0.1) is 0 Å². The standard InChI is InChI=1S/C18H16/c1-3-7-13(2)15-10-6-11-17-16-9-5-4-8-14(16)12-18(15)17/h3-11H,1,12H2,2H3/b13-7-. The molecule has 0 nitrogen and oxygen atoms in total. The number of benzene rings is 2. The molecule has 2 aromatic rings. The number of fused-ring (bicyclic) bond motifs is 3. The second kappa shape index (κ2) is 4.30. The second-order valence-corrected chi connectivity index (χ2v) is 4.75. The highest BCUT2D eigenvalue weighted by molar-refractivity contribution is 5.83. The molecule has 0 spiro atoms. The van der Waals surface area contributed by atoms with Crippen LogP contribution in [0.5, 0.6) is 0 Å². The molecule has 0 fully saturated rings. The Labute approximate surface area is 108 Å². The van der Waals surface area contributed by atoms with Crippen LogP contribution in [0.2, 0.25) is 0 Å². The smallest absolute Gasteiger partial charge is 0.000740 e. The molecular weight excluding hydrogens is 216 g/mol. The van der Waals surface area contributed by atoms with Crippen LogP contribution in [0.25, 0.3) is 16.7 Å². The van der Waals surface area contributed by atoms with Crippen LogP contribution in [0.15, 0.2) is 61.2 Å². The molecule has 0 N–H and O–H groups in total. The van der Waals surface area contributed by atoms with E-state index in [2.05, 4.69) is 62.0 Å². The van der Waals surface area contributed by atoms with Crippen molar-refractivity contribution in [1.29, 1.82) is 0 Å². The fourth-order valence-electron chi connectivity index (χ4n) is 2.79. The van der Waals surface area contributed by atoms with Crippen molar-refractivity contribution in [3.05, 3.63) is 77.9 Å². The Morgan fingerprint density at radius 3 is 2.67 bits per heavy atom. The van der Waals surface area contributed by atoms with Crippen molar-refractivity contribution in [1.82, 2.24) is 0 Å². The van der Waals surface area contributed by atoms with E-state index in [-0.39, 0.29) is 0 Å². The van der Waals surface area contributed by atoms with Crippen LogP contribution < -0.4 is 0 Å². The van der Waals surface area contributed by atoms with E-state index in [1.165, 1.54) is 33.4 Å². The van der Waals surface area contributed by atoms with Gasteiger partial charge in [0, 0.05) is 0 Å². The van der Waals surface area contributed by atoms with E-state index in [1.54, 1.807) is 0 Å². The van der Waals surface area contributed by atoms with Gasteiger partial charge in [0.25, 0.3) is 0 Å². The Balaban J connectivity index is 2.20. The summed E-state index contributed by atoms with van der Waals surface area (Å²) in [5.41, 5.74) is 8.31. The predicted molar refractivity (Wildman–Crippen MR) is 78.5 cm³/mol. The maximum atomic E-state index is 3.78. The molecule has 3 rings (SSSR count). The first-order valence-corrected chi connectivity index (χ1v) is 6.31. The largest absolute Gasteiger partial charge is 0.0991 e. The quantitative estimate of drug-likeness (QED) is 0.554. The highest BCUT2D eigenvalue weighted by atomic mass is 14.2. The molecule has 0 heterocycles. The Kier molecular flexibility index (Phi) is 2.64. The molecule has 18 heavy (non-hydrogen) atoms. The molecule has 0 aromatic heterocycles. The Morgan fingerprint density at radius 1 is 1.06 bits per heavy atom. The summed E-state index contributed by atoms with van der Waals surface area (Å²) in [6.45, 7) is 5.94.